The number of rotatable bonds is 5. The lowest BCUT2D eigenvalue weighted by atomic mass is 10.0. The van der Waals surface area contributed by atoms with Crippen LogP contribution in [0.5, 0.6) is 5.75 Å². The van der Waals surface area contributed by atoms with Crippen molar-refractivity contribution in [2.45, 2.75) is 0 Å². The van der Waals surface area contributed by atoms with Crippen molar-refractivity contribution in [3.05, 3.63) is 93.5 Å². The molecule has 0 aromatic heterocycles. The van der Waals surface area contributed by atoms with Crippen molar-refractivity contribution in [2.75, 3.05) is 12.4 Å². The van der Waals surface area contributed by atoms with E-state index in [2.05, 4.69) is 5.32 Å². The normalized spacial score (nSPS) is 10.3. The van der Waals surface area contributed by atoms with Gasteiger partial charge in [0.05, 0.1) is 17.8 Å². The molecule has 3 aromatic rings. The summed E-state index contributed by atoms with van der Waals surface area (Å²) in [5, 5.41) is 3.47. The lowest BCUT2D eigenvalue weighted by molar-refractivity contribution is 0.102. The summed E-state index contributed by atoms with van der Waals surface area (Å²) in [5.74, 6) is -0.0334. The molecule has 0 saturated carbocycles. The second-order valence-electron chi connectivity index (χ2n) is 5.68. The number of hydrogen-bond acceptors (Lipinski definition) is 3. The van der Waals surface area contributed by atoms with Crippen LogP contribution >= 0.6 is 23.2 Å². The molecule has 0 heterocycles. The van der Waals surface area contributed by atoms with Crippen LogP contribution in [-0.2, 0) is 0 Å². The minimum absolute atomic E-state index is 0.262. The van der Waals surface area contributed by atoms with Gasteiger partial charge < -0.3 is 10.1 Å². The van der Waals surface area contributed by atoms with Gasteiger partial charge in [-0.2, -0.15) is 0 Å². The number of amides is 1. The summed E-state index contributed by atoms with van der Waals surface area (Å²) in [7, 11) is 1.55. The van der Waals surface area contributed by atoms with Crippen molar-refractivity contribution in [1.82, 2.24) is 0 Å². The number of hydrogen-bond donors (Lipinski definition) is 1. The average molecular weight is 400 g/mol. The molecule has 4 nitrogen and oxygen atoms in total. The van der Waals surface area contributed by atoms with Crippen molar-refractivity contribution in [2.24, 2.45) is 0 Å². The Labute approximate surface area is 166 Å². The highest BCUT2D eigenvalue weighted by Gasteiger charge is 2.18. The van der Waals surface area contributed by atoms with Crippen LogP contribution in [0.4, 0.5) is 5.69 Å². The highest BCUT2D eigenvalue weighted by atomic mass is 35.5. The van der Waals surface area contributed by atoms with Crippen LogP contribution in [0.25, 0.3) is 0 Å². The summed E-state index contributed by atoms with van der Waals surface area (Å²) in [6.07, 6.45) is 0. The number of carbonyl (C=O) groups excluding carboxylic acids is 2. The number of ketones is 1. The average Bonchev–Trinajstić information content (AvgIpc) is 2.69. The van der Waals surface area contributed by atoms with E-state index in [-0.39, 0.29) is 17.3 Å². The van der Waals surface area contributed by atoms with Crippen LogP contribution < -0.4 is 10.1 Å². The highest BCUT2D eigenvalue weighted by molar-refractivity contribution is 6.36. The van der Waals surface area contributed by atoms with Crippen molar-refractivity contribution in [1.29, 1.82) is 0 Å². The van der Waals surface area contributed by atoms with E-state index in [0.717, 1.165) is 0 Å². The zero-order chi connectivity index (χ0) is 19.4. The monoisotopic (exact) mass is 399 g/mol. The molecule has 1 amide bonds. The SMILES string of the molecule is COc1ccc(C(=O)Nc2ccc(Cl)cc2C(=O)c2ccccc2Cl)cc1. The Hall–Kier alpha value is -2.82. The van der Waals surface area contributed by atoms with Crippen LogP contribution in [0.3, 0.4) is 0 Å². The molecule has 0 aliphatic carbocycles. The standard InChI is InChI=1S/C21H15Cl2NO3/c1-27-15-9-6-13(7-10-15)21(26)24-19-11-8-14(22)12-17(19)20(25)16-4-2-3-5-18(16)23/h2-12H,1H3,(H,24,26). The Bertz CT molecular complexity index is 1000. The Kier molecular flexibility index (Phi) is 5.79. The molecule has 0 aliphatic heterocycles. The first-order chi connectivity index (χ1) is 13.0. The summed E-state index contributed by atoms with van der Waals surface area (Å²) >= 11 is 12.2. The number of methoxy groups -OCH3 is 1. The predicted octanol–water partition coefficient (Wildman–Crippen LogP) is 5.49. The third kappa shape index (κ3) is 4.30. The topological polar surface area (TPSA) is 55.4 Å². The van der Waals surface area contributed by atoms with Gasteiger partial charge in [0, 0.05) is 21.7 Å². The van der Waals surface area contributed by atoms with Gasteiger partial charge in [-0.25, -0.2) is 0 Å². The number of carbonyl (C=O) groups is 2. The third-order valence-corrected chi connectivity index (χ3v) is 4.51. The fraction of sp³-hybridized carbons (Fsp3) is 0.0476. The first kappa shape index (κ1) is 19.0. The van der Waals surface area contributed by atoms with Gasteiger partial charge in [0.15, 0.2) is 5.78 Å². The molecule has 0 spiro atoms. The molecule has 0 aliphatic rings. The van der Waals surface area contributed by atoms with Crippen molar-refractivity contribution >= 4 is 40.6 Å². The fourth-order valence-electron chi connectivity index (χ4n) is 2.54. The smallest absolute Gasteiger partial charge is 0.255 e. The zero-order valence-corrected chi connectivity index (χ0v) is 15.8. The van der Waals surface area contributed by atoms with Gasteiger partial charge in [0.25, 0.3) is 5.91 Å². The van der Waals surface area contributed by atoms with Gasteiger partial charge in [-0.15, -0.1) is 0 Å². The molecule has 27 heavy (non-hydrogen) atoms. The van der Waals surface area contributed by atoms with Crippen molar-refractivity contribution < 1.29 is 14.3 Å². The predicted molar refractivity (Wildman–Crippen MR) is 107 cm³/mol. The summed E-state index contributed by atoms with van der Waals surface area (Å²) in [4.78, 5) is 25.5. The van der Waals surface area contributed by atoms with Crippen molar-refractivity contribution in [3.8, 4) is 5.75 Å². The quantitative estimate of drug-likeness (QED) is 0.577. The minimum atomic E-state index is -0.354. The molecule has 136 valence electrons. The van der Waals surface area contributed by atoms with E-state index < -0.39 is 0 Å². The van der Waals surface area contributed by atoms with Crippen LogP contribution in [0.1, 0.15) is 26.3 Å². The van der Waals surface area contributed by atoms with E-state index in [1.165, 1.54) is 6.07 Å². The van der Waals surface area contributed by atoms with Crippen LogP contribution in [0, 0.1) is 0 Å². The van der Waals surface area contributed by atoms with Gasteiger partial charge in [-0.05, 0) is 54.6 Å². The molecule has 0 fully saturated rings. The lowest BCUT2D eigenvalue weighted by Gasteiger charge is -2.12. The number of ether oxygens (including phenoxy) is 1. The van der Waals surface area contributed by atoms with E-state index in [1.807, 2.05) is 0 Å². The Morgan fingerprint density at radius 3 is 2.26 bits per heavy atom. The summed E-state index contributed by atoms with van der Waals surface area (Å²) in [5.41, 5.74) is 1.38. The van der Waals surface area contributed by atoms with Crippen LogP contribution in [-0.4, -0.2) is 18.8 Å². The van der Waals surface area contributed by atoms with Gasteiger partial charge >= 0.3 is 0 Å². The van der Waals surface area contributed by atoms with E-state index >= 15 is 0 Å². The van der Waals surface area contributed by atoms with E-state index in [1.54, 1.807) is 67.8 Å². The molecule has 3 aromatic carbocycles. The zero-order valence-electron chi connectivity index (χ0n) is 14.3. The van der Waals surface area contributed by atoms with Gasteiger partial charge in [-0.3, -0.25) is 9.59 Å². The summed E-state index contributed by atoms with van der Waals surface area (Å²) in [6.45, 7) is 0. The molecule has 0 radical (unpaired) electrons. The number of halogens is 2. The van der Waals surface area contributed by atoms with E-state index in [0.29, 0.717) is 32.6 Å². The highest BCUT2D eigenvalue weighted by Crippen LogP contribution is 2.27. The van der Waals surface area contributed by atoms with Crippen LogP contribution in [0.15, 0.2) is 66.7 Å². The van der Waals surface area contributed by atoms with Gasteiger partial charge in [-0.1, -0.05) is 35.3 Å². The molecule has 0 atom stereocenters. The summed E-state index contributed by atoms with van der Waals surface area (Å²) in [6, 6.07) is 18.1. The van der Waals surface area contributed by atoms with E-state index in [4.69, 9.17) is 27.9 Å². The lowest BCUT2D eigenvalue weighted by Crippen LogP contribution is -2.15. The maximum absolute atomic E-state index is 12.9. The first-order valence-electron chi connectivity index (χ1n) is 8.04. The minimum Gasteiger partial charge on any atom is -0.497 e. The second kappa shape index (κ2) is 8.25. The maximum atomic E-state index is 12.9. The number of nitrogens with one attached hydrogen (secondary N) is 1. The van der Waals surface area contributed by atoms with Crippen LogP contribution in [0.2, 0.25) is 10.0 Å². The van der Waals surface area contributed by atoms with Gasteiger partial charge in [0.1, 0.15) is 5.75 Å². The summed E-state index contributed by atoms with van der Waals surface area (Å²) < 4.78 is 5.09. The van der Waals surface area contributed by atoms with E-state index in [9.17, 15) is 9.59 Å². The molecule has 6 heteroatoms. The fourth-order valence-corrected chi connectivity index (χ4v) is 2.93. The van der Waals surface area contributed by atoms with Gasteiger partial charge in [0.2, 0.25) is 0 Å². The molecular weight excluding hydrogens is 385 g/mol. The molecule has 3 rings (SSSR count). The maximum Gasteiger partial charge on any atom is 0.255 e. The molecular formula is C21H15Cl2NO3. The molecule has 0 unspecified atom stereocenters. The molecule has 1 N–H and O–H groups in total. The van der Waals surface area contributed by atoms with Crippen molar-refractivity contribution in [3.63, 3.8) is 0 Å². The Balaban J connectivity index is 1.93. The molecule has 0 bridgehead atoms. The second-order valence-corrected chi connectivity index (χ2v) is 6.53. The Morgan fingerprint density at radius 2 is 1.59 bits per heavy atom. The number of anilines is 1. The first-order valence-corrected chi connectivity index (χ1v) is 8.79. The third-order valence-electron chi connectivity index (χ3n) is 3.95. The number of benzene rings is 3. The largest absolute Gasteiger partial charge is 0.497 e. The Morgan fingerprint density at radius 1 is 0.889 bits per heavy atom. The molecule has 0 saturated heterocycles.